The maximum Gasteiger partial charge on any atom is 0.222 e. The smallest absolute Gasteiger partial charge is 0.222 e. The molecule has 0 saturated carbocycles. The number of hydrogen-bond acceptors (Lipinski definition) is 3. The molecule has 5 nitrogen and oxygen atoms in total. The summed E-state index contributed by atoms with van der Waals surface area (Å²) in [5.41, 5.74) is 1.13. The van der Waals surface area contributed by atoms with Gasteiger partial charge in [0.1, 0.15) is 6.10 Å². The molecule has 0 spiro atoms. The SMILES string of the molecule is CC(=O)NCCCCCC(=O)N1CCO[C@H](c2ccccc2)C1. The van der Waals surface area contributed by atoms with E-state index in [0.717, 1.165) is 24.8 Å². The van der Waals surface area contributed by atoms with Crippen molar-refractivity contribution in [2.24, 2.45) is 0 Å². The number of nitrogens with one attached hydrogen (secondary N) is 1. The van der Waals surface area contributed by atoms with Gasteiger partial charge in [-0.05, 0) is 18.4 Å². The zero-order chi connectivity index (χ0) is 16.5. The van der Waals surface area contributed by atoms with Crippen LogP contribution in [0.1, 0.15) is 44.3 Å². The molecule has 1 aliphatic heterocycles. The van der Waals surface area contributed by atoms with Crippen molar-refractivity contribution in [2.45, 2.75) is 38.7 Å². The number of nitrogens with zero attached hydrogens (tertiary/aromatic N) is 1. The predicted octanol–water partition coefficient (Wildman–Crippen LogP) is 2.28. The molecule has 0 unspecified atom stereocenters. The first kappa shape index (κ1) is 17.5. The van der Waals surface area contributed by atoms with Crippen molar-refractivity contribution in [2.75, 3.05) is 26.2 Å². The first-order chi connectivity index (χ1) is 11.2. The number of hydrogen-bond donors (Lipinski definition) is 1. The van der Waals surface area contributed by atoms with Gasteiger partial charge < -0.3 is 15.0 Å². The second-order valence-electron chi connectivity index (χ2n) is 5.90. The molecule has 1 aromatic rings. The van der Waals surface area contributed by atoms with Crippen molar-refractivity contribution in [3.8, 4) is 0 Å². The van der Waals surface area contributed by atoms with E-state index in [1.807, 2.05) is 35.2 Å². The van der Waals surface area contributed by atoms with Crippen LogP contribution >= 0.6 is 0 Å². The summed E-state index contributed by atoms with van der Waals surface area (Å²) in [6.07, 6.45) is 3.29. The first-order valence-corrected chi connectivity index (χ1v) is 8.35. The Kier molecular flexibility index (Phi) is 7.07. The Bertz CT molecular complexity index is 504. The lowest BCUT2D eigenvalue weighted by molar-refractivity contribution is -0.139. The van der Waals surface area contributed by atoms with Crippen molar-refractivity contribution in [1.29, 1.82) is 0 Å². The monoisotopic (exact) mass is 318 g/mol. The van der Waals surface area contributed by atoms with Gasteiger partial charge in [-0.15, -0.1) is 0 Å². The van der Waals surface area contributed by atoms with E-state index >= 15 is 0 Å². The van der Waals surface area contributed by atoms with Gasteiger partial charge in [0.25, 0.3) is 0 Å². The minimum Gasteiger partial charge on any atom is -0.370 e. The Morgan fingerprint density at radius 2 is 2.00 bits per heavy atom. The number of morpholine rings is 1. The maximum absolute atomic E-state index is 12.3. The second kappa shape index (κ2) is 9.30. The molecule has 1 fully saturated rings. The molecule has 1 aliphatic rings. The van der Waals surface area contributed by atoms with Crippen LogP contribution in [0.25, 0.3) is 0 Å². The molecule has 1 atom stereocenters. The number of unbranched alkanes of at least 4 members (excludes halogenated alkanes) is 2. The average Bonchev–Trinajstić information content (AvgIpc) is 2.58. The molecule has 0 aliphatic carbocycles. The van der Waals surface area contributed by atoms with Crippen LogP contribution in [0.5, 0.6) is 0 Å². The Labute approximate surface area is 138 Å². The lowest BCUT2D eigenvalue weighted by Crippen LogP contribution is -2.42. The summed E-state index contributed by atoms with van der Waals surface area (Å²) in [6, 6.07) is 10.1. The summed E-state index contributed by atoms with van der Waals surface area (Å²) in [5.74, 6) is 0.204. The molecule has 0 bridgehead atoms. The standard InChI is InChI=1S/C18H26N2O3/c1-15(21)19-11-7-3-6-10-18(22)20-12-13-23-17(14-20)16-8-4-2-5-9-16/h2,4-5,8-9,17H,3,6-7,10-14H2,1H3,(H,19,21)/t17-/m0/s1. The molecule has 1 N–H and O–H groups in total. The van der Waals surface area contributed by atoms with Crippen LogP contribution in [0.4, 0.5) is 0 Å². The van der Waals surface area contributed by atoms with Gasteiger partial charge in [0.05, 0.1) is 13.2 Å². The number of carbonyl (C=O) groups excluding carboxylic acids is 2. The molecule has 2 rings (SSSR count). The third kappa shape index (κ3) is 6.02. The first-order valence-electron chi connectivity index (χ1n) is 8.35. The number of ether oxygens (including phenoxy) is 1. The van der Waals surface area contributed by atoms with E-state index in [-0.39, 0.29) is 17.9 Å². The second-order valence-corrected chi connectivity index (χ2v) is 5.90. The van der Waals surface area contributed by atoms with Crippen molar-refractivity contribution >= 4 is 11.8 Å². The third-order valence-corrected chi connectivity index (χ3v) is 4.03. The third-order valence-electron chi connectivity index (χ3n) is 4.03. The van der Waals surface area contributed by atoms with Crippen LogP contribution in [0, 0.1) is 0 Å². The van der Waals surface area contributed by atoms with Crippen LogP contribution in [-0.2, 0) is 14.3 Å². The van der Waals surface area contributed by atoms with Crippen LogP contribution in [0.3, 0.4) is 0 Å². The number of benzene rings is 1. The largest absolute Gasteiger partial charge is 0.370 e. The van der Waals surface area contributed by atoms with Gasteiger partial charge >= 0.3 is 0 Å². The van der Waals surface area contributed by atoms with Gasteiger partial charge in [0.15, 0.2) is 0 Å². The summed E-state index contributed by atoms with van der Waals surface area (Å²) in [5, 5.41) is 2.77. The number of rotatable bonds is 7. The molecule has 1 saturated heterocycles. The van der Waals surface area contributed by atoms with Crippen LogP contribution in [0.2, 0.25) is 0 Å². The van der Waals surface area contributed by atoms with E-state index in [1.54, 1.807) is 0 Å². The van der Waals surface area contributed by atoms with E-state index in [2.05, 4.69) is 5.32 Å². The summed E-state index contributed by atoms with van der Waals surface area (Å²) in [7, 11) is 0. The van der Waals surface area contributed by atoms with Crippen LogP contribution in [-0.4, -0.2) is 43.0 Å². The van der Waals surface area contributed by atoms with E-state index in [4.69, 9.17) is 4.74 Å². The number of carbonyl (C=O) groups is 2. The fourth-order valence-electron chi connectivity index (χ4n) is 2.75. The molecule has 5 heteroatoms. The normalized spacial score (nSPS) is 17.8. The van der Waals surface area contributed by atoms with Gasteiger partial charge in [-0.1, -0.05) is 36.8 Å². The highest BCUT2D eigenvalue weighted by Gasteiger charge is 2.24. The quantitative estimate of drug-likeness (QED) is 0.785. The lowest BCUT2D eigenvalue weighted by Gasteiger charge is -2.33. The molecular weight excluding hydrogens is 292 g/mol. The Balaban J connectivity index is 1.69. The maximum atomic E-state index is 12.3. The minimum atomic E-state index is -0.0198. The summed E-state index contributed by atoms with van der Waals surface area (Å²) in [6.45, 7) is 4.11. The fourth-order valence-corrected chi connectivity index (χ4v) is 2.75. The average molecular weight is 318 g/mol. The highest BCUT2D eigenvalue weighted by molar-refractivity contribution is 5.76. The Hall–Kier alpha value is -1.88. The van der Waals surface area contributed by atoms with E-state index in [1.165, 1.54) is 6.92 Å². The van der Waals surface area contributed by atoms with Gasteiger partial charge in [0, 0.05) is 26.4 Å². The minimum absolute atomic E-state index is 0.00125. The molecule has 126 valence electrons. The van der Waals surface area contributed by atoms with Crippen molar-refractivity contribution in [3.05, 3.63) is 35.9 Å². The van der Waals surface area contributed by atoms with Gasteiger partial charge in [-0.3, -0.25) is 9.59 Å². The van der Waals surface area contributed by atoms with E-state index in [9.17, 15) is 9.59 Å². The Morgan fingerprint density at radius 1 is 1.22 bits per heavy atom. The zero-order valence-electron chi connectivity index (χ0n) is 13.8. The van der Waals surface area contributed by atoms with Crippen molar-refractivity contribution < 1.29 is 14.3 Å². The summed E-state index contributed by atoms with van der Waals surface area (Å²) < 4.78 is 5.79. The van der Waals surface area contributed by atoms with Crippen molar-refractivity contribution in [1.82, 2.24) is 10.2 Å². The molecule has 2 amide bonds. The highest BCUT2D eigenvalue weighted by Crippen LogP contribution is 2.22. The number of amides is 2. The van der Waals surface area contributed by atoms with Gasteiger partial charge in [0.2, 0.25) is 11.8 Å². The lowest BCUT2D eigenvalue weighted by atomic mass is 10.1. The summed E-state index contributed by atoms with van der Waals surface area (Å²) in [4.78, 5) is 25.0. The van der Waals surface area contributed by atoms with E-state index < -0.39 is 0 Å². The molecule has 0 aromatic heterocycles. The molecule has 1 aromatic carbocycles. The summed E-state index contributed by atoms with van der Waals surface area (Å²) >= 11 is 0. The molecule has 1 heterocycles. The van der Waals surface area contributed by atoms with Gasteiger partial charge in [-0.2, -0.15) is 0 Å². The molecular formula is C18H26N2O3. The highest BCUT2D eigenvalue weighted by atomic mass is 16.5. The predicted molar refractivity (Wildman–Crippen MR) is 88.9 cm³/mol. The van der Waals surface area contributed by atoms with Crippen molar-refractivity contribution in [3.63, 3.8) is 0 Å². The van der Waals surface area contributed by atoms with Gasteiger partial charge in [-0.25, -0.2) is 0 Å². The van der Waals surface area contributed by atoms with Crippen LogP contribution < -0.4 is 5.32 Å². The molecule has 0 radical (unpaired) electrons. The van der Waals surface area contributed by atoms with Crippen LogP contribution in [0.15, 0.2) is 30.3 Å². The van der Waals surface area contributed by atoms with E-state index in [0.29, 0.717) is 32.7 Å². The topological polar surface area (TPSA) is 58.6 Å². The Morgan fingerprint density at radius 3 is 2.74 bits per heavy atom. The zero-order valence-corrected chi connectivity index (χ0v) is 13.8. The fraction of sp³-hybridized carbons (Fsp3) is 0.556. The molecule has 23 heavy (non-hydrogen) atoms.